The van der Waals surface area contributed by atoms with Gasteiger partial charge in [0.2, 0.25) is 5.91 Å². The summed E-state index contributed by atoms with van der Waals surface area (Å²) >= 11 is 0. The van der Waals surface area contributed by atoms with Crippen LogP contribution in [0.2, 0.25) is 0 Å². The number of benzene rings is 1. The fourth-order valence-electron chi connectivity index (χ4n) is 2.91. The molecule has 0 atom stereocenters. The number of aryl methyl sites for hydroxylation is 1. The van der Waals surface area contributed by atoms with Gasteiger partial charge in [-0.1, -0.05) is 0 Å². The average molecular weight is 425 g/mol. The van der Waals surface area contributed by atoms with E-state index in [1.54, 1.807) is 0 Å². The molecule has 1 saturated carbocycles. The van der Waals surface area contributed by atoms with Crippen molar-refractivity contribution in [2.45, 2.75) is 19.2 Å². The molecule has 0 bridgehead atoms. The molecule has 2 heterocycles. The molecule has 0 saturated heterocycles. The molecule has 1 aromatic carbocycles. The van der Waals surface area contributed by atoms with Crippen molar-refractivity contribution in [3.8, 4) is 5.75 Å². The predicted molar refractivity (Wildman–Crippen MR) is 99.1 cm³/mol. The first-order chi connectivity index (χ1) is 14.1. The van der Waals surface area contributed by atoms with Gasteiger partial charge in [0.25, 0.3) is 5.56 Å². The van der Waals surface area contributed by atoms with E-state index in [-0.39, 0.29) is 40.1 Å². The van der Waals surface area contributed by atoms with Gasteiger partial charge in [-0.05, 0) is 25.0 Å². The van der Waals surface area contributed by atoms with Gasteiger partial charge in [0.15, 0.2) is 11.4 Å². The van der Waals surface area contributed by atoms with Crippen molar-refractivity contribution >= 4 is 34.1 Å². The molecule has 1 fully saturated rings. The van der Waals surface area contributed by atoms with Gasteiger partial charge in [-0.25, -0.2) is 9.37 Å². The Kier molecular flexibility index (Phi) is 4.63. The number of H-pyrrole nitrogens is 1. The van der Waals surface area contributed by atoms with Crippen LogP contribution in [0.15, 0.2) is 29.1 Å². The molecule has 12 heteroatoms. The summed E-state index contributed by atoms with van der Waals surface area (Å²) in [5.41, 5.74) is -0.560. The lowest BCUT2D eigenvalue weighted by Gasteiger charge is -2.15. The molecule has 3 aromatic rings. The second-order valence-electron chi connectivity index (χ2n) is 6.83. The summed E-state index contributed by atoms with van der Waals surface area (Å²) in [5.74, 6) is -2.01. The molecule has 0 spiro atoms. The highest BCUT2D eigenvalue weighted by Crippen LogP contribution is 2.35. The number of aromatic nitrogens is 3. The standard InChI is InChI=1S/C18H15F4N5O3/c1-27-17(29)14-11(7-13(24-15(14)26-27)25-16(28)8-2-3-8)23-10-5-4-9(19)6-12(10)30-18(20,21)22/h4-8H,2-3H2,1H3,(H3,23,24,25,26,28). The maximum atomic E-state index is 13.5. The third-order valence-electron chi connectivity index (χ3n) is 4.45. The van der Waals surface area contributed by atoms with Gasteiger partial charge >= 0.3 is 6.36 Å². The number of ether oxygens (including phenoxy) is 1. The number of halogens is 4. The Bertz CT molecular complexity index is 1200. The number of nitrogens with zero attached hydrogens (tertiary/aromatic N) is 2. The molecule has 1 aliphatic rings. The highest BCUT2D eigenvalue weighted by Gasteiger charge is 2.33. The monoisotopic (exact) mass is 425 g/mol. The minimum atomic E-state index is -5.05. The number of fused-ring (bicyclic) bond motifs is 1. The van der Waals surface area contributed by atoms with Crippen LogP contribution in [0.25, 0.3) is 11.0 Å². The van der Waals surface area contributed by atoms with Crippen molar-refractivity contribution < 1.29 is 27.1 Å². The van der Waals surface area contributed by atoms with Gasteiger partial charge in [0.05, 0.1) is 11.4 Å². The van der Waals surface area contributed by atoms with E-state index >= 15 is 0 Å². The van der Waals surface area contributed by atoms with E-state index in [9.17, 15) is 27.2 Å². The predicted octanol–water partition coefficient (Wildman–Crippen LogP) is 3.39. The number of hydrogen-bond acceptors (Lipinski definition) is 5. The number of aromatic amines is 1. The summed E-state index contributed by atoms with van der Waals surface area (Å²) in [5, 5.41) is 8.03. The van der Waals surface area contributed by atoms with Crippen molar-refractivity contribution in [2.24, 2.45) is 13.0 Å². The molecule has 4 rings (SSSR count). The first-order valence-corrected chi connectivity index (χ1v) is 8.83. The van der Waals surface area contributed by atoms with E-state index in [4.69, 9.17) is 0 Å². The molecule has 0 radical (unpaired) electrons. The first kappa shape index (κ1) is 19.7. The molecule has 0 unspecified atom stereocenters. The van der Waals surface area contributed by atoms with Crippen LogP contribution >= 0.6 is 0 Å². The van der Waals surface area contributed by atoms with Gasteiger partial charge in [-0.15, -0.1) is 13.2 Å². The Morgan fingerprint density at radius 1 is 1.27 bits per heavy atom. The van der Waals surface area contributed by atoms with Crippen LogP contribution in [-0.2, 0) is 11.8 Å². The largest absolute Gasteiger partial charge is 0.573 e. The number of pyridine rings is 1. The van der Waals surface area contributed by atoms with E-state index in [0.29, 0.717) is 6.07 Å². The highest BCUT2D eigenvalue weighted by atomic mass is 19.4. The number of rotatable bonds is 5. The fourth-order valence-corrected chi connectivity index (χ4v) is 2.91. The number of anilines is 3. The van der Waals surface area contributed by atoms with Gasteiger partial charge in [-0.2, -0.15) is 0 Å². The molecule has 30 heavy (non-hydrogen) atoms. The lowest BCUT2D eigenvalue weighted by molar-refractivity contribution is -0.274. The maximum Gasteiger partial charge on any atom is 0.573 e. The summed E-state index contributed by atoms with van der Waals surface area (Å²) in [6, 6.07) is 3.87. The van der Waals surface area contributed by atoms with Crippen LogP contribution in [0.5, 0.6) is 5.75 Å². The highest BCUT2D eigenvalue weighted by molar-refractivity contribution is 5.98. The second-order valence-corrected chi connectivity index (χ2v) is 6.83. The molecule has 2 aromatic heterocycles. The topological polar surface area (TPSA) is 101 Å². The molecular weight excluding hydrogens is 410 g/mol. The summed E-state index contributed by atoms with van der Waals surface area (Å²) in [4.78, 5) is 28.7. The number of nitrogens with one attached hydrogen (secondary N) is 3. The van der Waals surface area contributed by atoms with Crippen LogP contribution in [0.3, 0.4) is 0 Å². The SMILES string of the molecule is Cn1[nH]c2nc(NC(=O)C3CC3)cc(Nc3ccc(F)cc3OC(F)(F)F)c2c1=O. The van der Waals surface area contributed by atoms with E-state index in [0.717, 1.165) is 29.7 Å². The van der Waals surface area contributed by atoms with Crippen LogP contribution in [0.4, 0.5) is 34.8 Å². The third-order valence-corrected chi connectivity index (χ3v) is 4.45. The average Bonchev–Trinajstić information content (AvgIpc) is 3.43. The van der Waals surface area contributed by atoms with Crippen molar-refractivity contribution in [3.63, 3.8) is 0 Å². The number of alkyl halides is 3. The Morgan fingerprint density at radius 3 is 2.67 bits per heavy atom. The van der Waals surface area contributed by atoms with E-state index in [1.165, 1.54) is 13.1 Å². The lowest BCUT2D eigenvalue weighted by atomic mass is 10.2. The number of carbonyl (C=O) groups excluding carboxylic acids is 1. The Hall–Kier alpha value is -3.57. The maximum absolute atomic E-state index is 13.5. The molecule has 0 aliphatic heterocycles. The quantitative estimate of drug-likeness (QED) is 0.544. The smallest absolute Gasteiger partial charge is 0.403 e. The van der Waals surface area contributed by atoms with Crippen LogP contribution in [-0.4, -0.2) is 27.0 Å². The van der Waals surface area contributed by atoms with Crippen molar-refractivity contribution in [1.29, 1.82) is 0 Å². The first-order valence-electron chi connectivity index (χ1n) is 8.83. The van der Waals surface area contributed by atoms with E-state index in [1.807, 2.05) is 0 Å². The van der Waals surface area contributed by atoms with E-state index < -0.39 is 23.5 Å². The van der Waals surface area contributed by atoms with Crippen LogP contribution in [0.1, 0.15) is 12.8 Å². The van der Waals surface area contributed by atoms with E-state index in [2.05, 4.69) is 25.5 Å². The second kappa shape index (κ2) is 7.04. The van der Waals surface area contributed by atoms with Crippen molar-refractivity contribution in [3.05, 3.63) is 40.4 Å². The zero-order chi connectivity index (χ0) is 21.6. The minimum absolute atomic E-state index is 0.0456. The molecular formula is C18H15F4N5O3. The number of hydrogen-bond donors (Lipinski definition) is 3. The van der Waals surface area contributed by atoms with Gasteiger partial charge in [0, 0.05) is 25.1 Å². The van der Waals surface area contributed by atoms with Crippen LogP contribution < -0.4 is 20.9 Å². The minimum Gasteiger partial charge on any atom is -0.403 e. The molecule has 8 nitrogen and oxygen atoms in total. The molecule has 1 aliphatic carbocycles. The lowest BCUT2D eigenvalue weighted by Crippen LogP contribution is -2.18. The van der Waals surface area contributed by atoms with Crippen LogP contribution in [0, 0.1) is 11.7 Å². The summed E-state index contributed by atoms with van der Waals surface area (Å²) in [6.07, 6.45) is -3.53. The third kappa shape index (κ3) is 4.07. The molecule has 158 valence electrons. The Labute approximate surface area is 165 Å². The Balaban J connectivity index is 1.78. The number of amides is 1. The van der Waals surface area contributed by atoms with Crippen molar-refractivity contribution in [2.75, 3.05) is 10.6 Å². The summed E-state index contributed by atoms with van der Waals surface area (Å²) in [6.45, 7) is 0. The zero-order valence-electron chi connectivity index (χ0n) is 15.4. The normalized spacial score (nSPS) is 14.0. The summed E-state index contributed by atoms with van der Waals surface area (Å²) in [7, 11) is 1.44. The zero-order valence-corrected chi connectivity index (χ0v) is 15.4. The van der Waals surface area contributed by atoms with Gasteiger partial charge < -0.3 is 15.4 Å². The van der Waals surface area contributed by atoms with Gasteiger partial charge in [-0.3, -0.25) is 19.4 Å². The Morgan fingerprint density at radius 2 is 2.00 bits per heavy atom. The summed E-state index contributed by atoms with van der Waals surface area (Å²) < 4.78 is 56.6. The molecule has 1 amide bonds. The molecule has 3 N–H and O–H groups in total. The van der Waals surface area contributed by atoms with Crippen molar-refractivity contribution in [1.82, 2.24) is 14.8 Å². The number of carbonyl (C=O) groups is 1. The van der Waals surface area contributed by atoms with Gasteiger partial charge in [0.1, 0.15) is 17.0 Å². The fraction of sp³-hybridized carbons (Fsp3) is 0.278.